The molecule has 2 heterocycles. The monoisotopic (exact) mass is 519 g/mol. The van der Waals surface area contributed by atoms with E-state index in [2.05, 4.69) is 15.2 Å². The maximum atomic E-state index is 13.8. The second-order valence-corrected chi connectivity index (χ2v) is 9.78. The molecule has 0 atom stereocenters. The molecular formula is C27H22FN3O5S. The summed E-state index contributed by atoms with van der Waals surface area (Å²) in [6.07, 6.45) is -0.225. The maximum absolute atomic E-state index is 13.8. The van der Waals surface area contributed by atoms with Crippen LogP contribution in [0.1, 0.15) is 26.3 Å². The van der Waals surface area contributed by atoms with E-state index in [1.54, 1.807) is 42.5 Å². The number of nitrogens with one attached hydrogen (secondary N) is 1. The molecule has 0 unspecified atom stereocenters. The number of halogens is 1. The van der Waals surface area contributed by atoms with Crippen molar-refractivity contribution < 1.29 is 21.2 Å². The minimum absolute atomic E-state index is 0.188. The number of nitriles is 1. The van der Waals surface area contributed by atoms with E-state index in [0.29, 0.717) is 56.4 Å². The van der Waals surface area contributed by atoms with E-state index in [1.165, 1.54) is 12.1 Å². The lowest BCUT2D eigenvalue weighted by Crippen LogP contribution is -2.12. The Morgan fingerprint density at radius 3 is 2.57 bits per heavy atom. The number of aromatic amines is 1. The molecule has 0 aliphatic carbocycles. The van der Waals surface area contributed by atoms with Gasteiger partial charge in [-0.3, -0.25) is 4.79 Å². The second-order valence-electron chi connectivity index (χ2n) is 8.83. The Balaban J connectivity index is 1.85. The van der Waals surface area contributed by atoms with E-state index in [4.69, 9.17) is 4.74 Å². The zero-order chi connectivity index (χ0) is 26.5. The molecule has 0 aliphatic rings. The van der Waals surface area contributed by atoms with Crippen LogP contribution in [0.4, 0.5) is 3.89 Å². The van der Waals surface area contributed by atoms with Crippen LogP contribution in [0.25, 0.3) is 44.0 Å². The van der Waals surface area contributed by atoms with Gasteiger partial charge in [0.2, 0.25) is 0 Å². The predicted molar refractivity (Wildman–Crippen MR) is 140 cm³/mol. The van der Waals surface area contributed by atoms with Crippen molar-refractivity contribution in [1.29, 1.82) is 5.26 Å². The lowest BCUT2D eigenvalue weighted by Gasteiger charge is -2.18. The average molecular weight is 520 g/mol. The van der Waals surface area contributed by atoms with Crippen LogP contribution in [-0.4, -0.2) is 24.1 Å². The van der Waals surface area contributed by atoms with E-state index >= 15 is 0 Å². The number of hydrogen-bond acceptors (Lipinski definition) is 6. The second kappa shape index (κ2) is 8.94. The van der Waals surface area contributed by atoms with Crippen LogP contribution in [0.2, 0.25) is 0 Å². The number of nitrogens with zero attached hydrogens (tertiary/aromatic N) is 2. The molecule has 0 bridgehead atoms. The molecule has 0 saturated heterocycles. The normalized spacial score (nSPS) is 11.9. The first-order chi connectivity index (χ1) is 17.6. The van der Waals surface area contributed by atoms with E-state index < -0.39 is 10.5 Å². The zero-order valence-corrected chi connectivity index (χ0v) is 21.0. The molecule has 5 aromatic rings. The highest BCUT2D eigenvalue weighted by atomic mass is 32.3. The molecule has 0 saturated carbocycles. The highest BCUT2D eigenvalue weighted by Crippen LogP contribution is 2.37. The molecule has 10 heteroatoms. The Kier molecular flexibility index (Phi) is 5.88. The summed E-state index contributed by atoms with van der Waals surface area (Å²) in [6, 6.07) is 16.7. The van der Waals surface area contributed by atoms with E-state index in [1.807, 2.05) is 25.3 Å². The molecule has 0 fully saturated rings. The third-order valence-electron chi connectivity index (χ3n) is 6.06. The number of aromatic nitrogens is 2. The molecular weight excluding hydrogens is 497 g/mol. The SMILES string of the molecule is CCn1c2cc(-c3cccc(OS(=O)(=O)F)c3)c(OC(C)C)cc2c(=O)c2c3ccc(C#N)cc3[nH]c21. The molecule has 0 spiro atoms. The average Bonchev–Trinajstić information content (AvgIpc) is 3.21. The fourth-order valence-electron chi connectivity index (χ4n) is 4.65. The number of benzene rings is 3. The Bertz CT molecular complexity index is 1920. The Hall–Kier alpha value is -4.36. The van der Waals surface area contributed by atoms with Gasteiger partial charge < -0.3 is 18.5 Å². The van der Waals surface area contributed by atoms with Crippen molar-refractivity contribution in [2.24, 2.45) is 0 Å². The van der Waals surface area contributed by atoms with Crippen molar-refractivity contribution >= 4 is 43.3 Å². The van der Waals surface area contributed by atoms with Crippen molar-refractivity contribution in [3.8, 4) is 28.7 Å². The summed E-state index contributed by atoms with van der Waals surface area (Å²) < 4.78 is 47.7. The van der Waals surface area contributed by atoms with Crippen molar-refractivity contribution in [3.05, 3.63) is 70.4 Å². The van der Waals surface area contributed by atoms with Gasteiger partial charge in [0, 0.05) is 23.0 Å². The van der Waals surface area contributed by atoms with Gasteiger partial charge in [0.05, 0.1) is 34.0 Å². The number of ether oxygens (including phenoxy) is 1. The van der Waals surface area contributed by atoms with Crippen molar-refractivity contribution in [2.45, 2.75) is 33.4 Å². The zero-order valence-electron chi connectivity index (χ0n) is 20.2. The third-order valence-corrected chi connectivity index (χ3v) is 6.45. The quantitative estimate of drug-likeness (QED) is 0.293. The number of aryl methyl sites for hydroxylation is 1. The fraction of sp³-hybridized carbons (Fsp3) is 0.185. The number of hydrogen-bond donors (Lipinski definition) is 1. The smallest absolute Gasteiger partial charge is 0.488 e. The van der Waals surface area contributed by atoms with Gasteiger partial charge in [-0.2, -0.15) is 13.7 Å². The molecule has 0 amide bonds. The lowest BCUT2D eigenvalue weighted by molar-refractivity contribution is 0.244. The molecule has 0 radical (unpaired) electrons. The Morgan fingerprint density at radius 1 is 1.11 bits per heavy atom. The van der Waals surface area contributed by atoms with Gasteiger partial charge >= 0.3 is 10.5 Å². The summed E-state index contributed by atoms with van der Waals surface area (Å²) in [5.74, 6) is 0.219. The van der Waals surface area contributed by atoms with Gasteiger partial charge in [-0.15, -0.1) is 0 Å². The predicted octanol–water partition coefficient (Wildman–Crippen LogP) is 5.57. The summed E-state index contributed by atoms with van der Waals surface area (Å²) in [5, 5.41) is 11.0. The van der Waals surface area contributed by atoms with Crippen LogP contribution in [-0.2, 0) is 17.0 Å². The molecule has 188 valence electrons. The number of fused-ring (bicyclic) bond motifs is 4. The van der Waals surface area contributed by atoms with Crippen LogP contribution in [0, 0.1) is 11.3 Å². The summed E-state index contributed by atoms with van der Waals surface area (Å²) in [4.78, 5) is 17.1. The van der Waals surface area contributed by atoms with E-state index in [0.717, 1.165) is 5.39 Å². The lowest BCUT2D eigenvalue weighted by atomic mass is 10.0. The van der Waals surface area contributed by atoms with E-state index in [-0.39, 0.29) is 17.3 Å². The first kappa shape index (κ1) is 24.3. The van der Waals surface area contributed by atoms with Crippen LogP contribution in [0.5, 0.6) is 11.5 Å². The highest BCUT2D eigenvalue weighted by molar-refractivity contribution is 7.81. The highest BCUT2D eigenvalue weighted by Gasteiger charge is 2.20. The fourth-order valence-corrected chi connectivity index (χ4v) is 4.98. The summed E-state index contributed by atoms with van der Waals surface area (Å²) in [5.41, 5.74) is 3.31. The summed E-state index contributed by atoms with van der Waals surface area (Å²) in [6.45, 7) is 6.18. The van der Waals surface area contributed by atoms with Gasteiger partial charge in [0.15, 0.2) is 5.43 Å². The first-order valence-corrected chi connectivity index (χ1v) is 12.9. The van der Waals surface area contributed by atoms with Crippen molar-refractivity contribution in [2.75, 3.05) is 0 Å². The molecule has 0 aliphatic heterocycles. The van der Waals surface area contributed by atoms with Crippen LogP contribution >= 0.6 is 0 Å². The minimum atomic E-state index is -5.20. The Labute approximate surface area is 211 Å². The van der Waals surface area contributed by atoms with Crippen molar-refractivity contribution in [3.63, 3.8) is 0 Å². The van der Waals surface area contributed by atoms with Gasteiger partial charge in [-0.05, 0) is 62.7 Å². The number of pyridine rings is 1. The molecule has 3 aromatic carbocycles. The number of H-pyrrole nitrogens is 1. The number of rotatable bonds is 6. The van der Waals surface area contributed by atoms with Crippen LogP contribution < -0.4 is 14.3 Å². The molecule has 37 heavy (non-hydrogen) atoms. The summed E-state index contributed by atoms with van der Waals surface area (Å²) >= 11 is 0. The third kappa shape index (κ3) is 4.38. The van der Waals surface area contributed by atoms with Crippen LogP contribution in [0.15, 0.2) is 59.4 Å². The first-order valence-electron chi connectivity index (χ1n) is 11.6. The van der Waals surface area contributed by atoms with Crippen molar-refractivity contribution in [1.82, 2.24) is 9.55 Å². The topological polar surface area (TPSA) is 114 Å². The molecule has 5 rings (SSSR count). The molecule has 8 nitrogen and oxygen atoms in total. The van der Waals surface area contributed by atoms with Gasteiger partial charge in [0.1, 0.15) is 17.1 Å². The Morgan fingerprint density at radius 2 is 1.89 bits per heavy atom. The minimum Gasteiger partial charge on any atom is -0.490 e. The van der Waals surface area contributed by atoms with Gasteiger partial charge in [-0.1, -0.05) is 22.1 Å². The van der Waals surface area contributed by atoms with Gasteiger partial charge in [0.25, 0.3) is 0 Å². The summed E-state index contributed by atoms with van der Waals surface area (Å²) in [7, 11) is -5.20. The molecule has 2 aromatic heterocycles. The van der Waals surface area contributed by atoms with E-state index in [9.17, 15) is 22.4 Å². The van der Waals surface area contributed by atoms with Crippen LogP contribution in [0.3, 0.4) is 0 Å². The standard InChI is InChI=1S/C27H22FN3O5S/c1-4-31-23-12-20(17-6-5-7-18(11-17)36-37(28,33)34)24(35-15(2)3)13-21(23)26(32)25-19-9-8-16(14-29)10-22(19)30-27(25)31/h5-13,15,30H,4H2,1-3H3. The van der Waals surface area contributed by atoms with Gasteiger partial charge in [-0.25, -0.2) is 0 Å². The maximum Gasteiger partial charge on any atom is 0.488 e. The largest absolute Gasteiger partial charge is 0.490 e. The molecule has 1 N–H and O–H groups in total.